The molecule has 0 radical (unpaired) electrons. The minimum Gasteiger partial charge on any atom is -0.462 e. The van der Waals surface area contributed by atoms with Crippen molar-refractivity contribution < 1.29 is 75.5 Å². The summed E-state index contributed by atoms with van der Waals surface area (Å²) in [7, 11) is -1.73. The molecule has 0 aromatic heterocycles. The van der Waals surface area contributed by atoms with Crippen molar-refractivity contribution in [2.75, 3.05) is 26.4 Å². The molecule has 2 fully saturated rings. The Bertz CT molecular complexity index is 3610. The maximum atomic E-state index is 14.2. The number of rotatable bonds is 60. The number of ether oxygens (including phenoxy) is 12. The van der Waals surface area contributed by atoms with Crippen molar-refractivity contribution in [3.05, 3.63) is 251 Å². The summed E-state index contributed by atoms with van der Waals surface area (Å²) in [5, 5.41) is 0. The third kappa shape index (κ3) is 35.0. The number of carbonyl (C=O) groups is 2. The van der Waals surface area contributed by atoms with Crippen LogP contribution in [0.2, 0.25) is 0 Å². The molecule has 1 unspecified atom stereocenters. The zero-order chi connectivity index (χ0) is 81.3. The largest absolute Gasteiger partial charge is 0.462 e. The van der Waals surface area contributed by atoms with Gasteiger partial charge in [0.25, 0.3) is 8.53 Å². The van der Waals surface area contributed by atoms with E-state index in [1.807, 2.05) is 200 Å². The van der Waals surface area contributed by atoms with Crippen LogP contribution in [0.25, 0.3) is 0 Å². The predicted octanol–water partition coefficient (Wildman–Crippen LogP) is 22.4. The van der Waals surface area contributed by atoms with E-state index in [9.17, 15) is 9.59 Å². The van der Waals surface area contributed by atoms with Crippen LogP contribution in [0.5, 0.6) is 0 Å². The fourth-order valence-electron chi connectivity index (χ4n) is 14.9. The molecular weight excluding hydrogens is 1480 g/mol. The number of unbranched alkanes of at least 4 members (excludes halogenated alkanes) is 20. The second-order valence-electron chi connectivity index (χ2n) is 31.5. The summed E-state index contributed by atoms with van der Waals surface area (Å²) in [6.07, 6.45) is 15.0. The van der Waals surface area contributed by atoms with Gasteiger partial charge < -0.3 is 65.9 Å². The van der Waals surface area contributed by atoms with Crippen molar-refractivity contribution in [1.29, 1.82) is 0 Å². The Morgan fingerprint density at radius 1 is 0.319 bits per heavy atom. The van der Waals surface area contributed by atoms with Crippen LogP contribution in [0.15, 0.2) is 212 Å². The summed E-state index contributed by atoms with van der Waals surface area (Å²) < 4.78 is 102. The van der Waals surface area contributed by atoms with Gasteiger partial charge in [-0.2, -0.15) is 0 Å². The maximum absolute atomic E-state index is 14.2. The van der Waals surface area contributed by atoms with E-state index in [4.69, 9.17) is 65.9 Å². The first-order valence-electron chi connectivity index (χ1n) is 43.7. The lowest BCUT2D eigenvalue weighted by Gasteiger charge is -2.48. The highest BCUT2D eigenvalue weighted by Crippen LogP contribution is 2.48. The fraction of sp³-hybridized carbons (Fsp3) is 0.551. The molecular formula is C98H136NO16P. The third-order valence-electron chi connectivity index (χ3n) is 21.2. The van der Waals surface area contributed by atoms with Gasteiger partial charge in [-0.05, 0) is 79.5 Å². The Balaban J connectivity index is 1.06. The molecule has 634 valence electrons. The Labute approximate surface area is 696 Å². The highest BCUT2D eigenvalue weighted by Gasteiger charge is 2.53. The van der Waals surface area contributed by atoms with Gasteiger partial charge in [0.1, 0.15) is 55.4 Å². The van der Waals surface area contributed by atoms with Crippen LogP contribution >= 0.6 is 8.53 Å². The average Bonchev–Trinajstić information content (AvgIpc) is 0.781. The number of esters is 2. The molecule has 18 heteroatoms. The van der Waals surface area contributed by atoms with Gasteiger partial charge >= 0.3 is 11.9 Å². The highest BCUT2D eigenvalue weighted by molar-refractivity contribution is 7.44. The zero-order valence-corrected chi connectivity index (χ0v) is 71.3. The lowest BCUT2D eigenvalue weighted by atomic mass is 9.97. The second kappa shape index (κ2) is 56.0. The quantitative estimate of drug-likeness (QED) is 0.0200. The number of benzene rings is 7. The summed E-state index contributed by atoms with van der Waals surface area (Å²) in [6.45, 7) is 13.8. The Kier molecular flexibility index (Phi) is 45.0. The molecule has 0 bridgehead atoms. The van der Waals surface area contributed by atoms with Gasteiger partial charge in [-0.3, -0.25) is 9.59 Å². The standard InChI is InChI=1S/C98H136NO16P/c1-7-9-11-13-15-17-19-21-23-25-48-64-89(100)102-73-86(113-90(101)65-49-26-24-22-20-18-16-14-12-10-8-2)74-109-97-95(107-70-83-58-42-31-43-59-83)93(105-68-81-54-38-29-39-55-81)91(103-66-79-50-34-27-35-51-79)87(114-97)75-110-98-96(108-71-84-60-44-32-45-61-84)94(106-69-82-56-40-30-41-57-82)92(104-67-80-52-36-28-37-53-80)88(115-98)76-112-116(99(77(3)4)78(5)6)111-72-85-62-46-33-47-63-85/h27-47,50-63,77-78,86-88,91-98H,7-26,48-49,64-76H2,1-6H3/t86-,87-,88-,91-,92-,93+,94+,95-,96-,97-,98-,116?/m1/s1. The van der Waals surface area contributed by atoms with Gasteiger partial charge in [0.15, 0.2) is 18.7 Å². The Morgan fingerprint density at radius 3 is 0.957 bits per heavy atom. The summed E-state index contributed by atoms with van der Waals surface area (Å²) in [5.41, 5.74) is 6.57. The molecule has 0 N–H and O–H groups in total. The zero-order valence-electron chi connectivity index (χ0n) is 70.4. The van der Waals surface area contributed by atoms with Crippen LogP contribution in [0, 0.1) is 0 Å². The summed E-state index contributed by atoms with van der Waals surface area (Å²) >= 11 is 0. The van der Waals surface area contributed by atoms with Crippen LogP contribution in [0.4, 0.5) is 0 Å². The lowest BCUT2D eigenvalue weighted by molar-refractivity contribution is -0.353. The number of carbonyl (C=O) groups excluding carboxylic acids is 2. The first kappa shape index (κ1) is 93.3. The number of hydrogen-bond acceptors (Lipinski definition) is 17. The molecule has 17 nitrogen and oxygen atoms in total. The SMILES string of the molecule is CCCCCCCCCCCCCC(=O)OC[C@H](CO[C@@H]1O[C@H](CO[C@@H]2O[C@H](COP(OCc3ccccc3)N(C(C)C)C(C)C)[C@@H](OCc3ccccc3)[C@H](OCc3ccccc3)[C@H]2OCc2ccccc2)[C@@H](OCc2ccccc2)[C@H](OCc2ccccc2)[C@H]1OCc1ccccc1)OC(=O)CCCCCCCCCCCCC. The van der Waals surface area contributed by atoms with E-state index < -0.39 is 82.0 Å². The molecule has 7 aromatic carbocycles. The molecule has 0 aliphatic carbocycles. The second-order valence-corrected chi connectivity index (χ2v) is 33.0. The molecule has 0 spiro atoms. The van der Waals surface area contributed by atoms with Crippen molar-refractivity contribution in [1.82, 2.24) is 4.67 Å². The molecule has 12 atom stereocenters. The normalized spacial score (nSPS) is 20.1. The summed E-state index contributed by atoms with van der Waals surface area (Å²) in [4.78, 5) is 28.0. The van der Waals surface area contributed by atoms with Gasteiger partial charge in [0, 0.05) is 24.9 Å². The van der Waals surface area contributed by atoms with Crippen LogP contribution in [-0.2, 0) is 122 Å². The predicted molar refractivity (Wildman–Crippen MR) is 459 cm³/mol. The van der Waals surface area contributed by atoms with E-state index in [1.54, 1.807) is 0 Å². The van der Waals surface area contributed by atoms with Crippen LogP contribution in [0.3, 0.4) is 0 Å². The molecule has 116 heavy (non-hydrogen) atoms. The Hall–Kier alpha value is -6.61. The van der Waals surface area contributed by atoms with Gasteiger partial charge in [-0.1, -0.05) is 355 Å². The number of nitrogens with zero attached hydrogens (tertiary/aromatic N) is 1. The monoisotopic (exact) mass is 1610 g/mol. The topological polar surface area (TPSA) is 167 Å². The molecule has 0 amide bonds. The van der Waals surface area contributed by atoms with Crippen molar-refractivity contribution in [3.63, 3.8) is 0 Å². The van der Waals surface area contributed by atoms with Gasteiger partial charge in [-0.25, -0.2) is 4.67 Å². The maximum Gasteiger partial charge on any atom is 0.306 e. The van der Waals surface area contributed by atoms with E-state index >= 15 is 0 Å². The number of hydrogen-bond donors (Lipinski definition) is 0. The smallest absolute Gasteiger partial charge is 0.306 e. The first-order chi connectivity index (χ1) is 57.0. The molecule has 2 heterocycles. The molecule has 9 rings (SSSR count). The average molecular weight is 1620 g/mol. The fourth-order valence-corrected chi connectivity index (χ4v) is 16.5. The van der Waals surface area contributed by atoms with Gasteiger partial charge in [-0.15, -0.1) is 0 Å². The van der Waals surface area contributed by atoms with Crippen molar-refractivity contribution in [2.45, 2.75) is 321 Å². The lowest BCUT2D eigenvalue weighted by Crippen LogP contribution is -2.64. The van der Waals surface area contributed by atoms with Crippen molar-refractivity contribution >= 4 is 20.5 Å². The minimum absolute atomic E-state index is 0.000553. The third-order valence-corrected chi connectivity index (χ3v) is 23.3. The van der Waals surface area contributed by atoms with Gasteiger partial charge in [0.2, 0.25) is 0 Å². The van der Waals surface area contributed by atoms with Crippen LogP contribution in [0.1, 0.15) is 235 Å². The van der Waals surface area contributed by atoms with E-state index in [2.05, 4.69) is 58.3 Å². The Morgan fingerprint density at radius 2 is 0.612 bits per heavy atom. The molecule has 2 saturated heterocycles. The van der Waals surface area contributed by atoms with Gasteiger partial charge in [0.05, 0.1) is 66.1 Å². The molecule has 7 aromatic rings. The molecule has 0 saturated carbocycles. The van der Waals surface area contributed by atoms with Crippen LogP contribution < -0.4 is 0 Å². The van der Waals surface area contributed by atoms with Crippen LogP contribution in [-0.4, -0.2) is 123 Å². The summed E-state index contributed by atoms with van der Waals surface area (Å²) in [6, 6.07) is 70.3. The molecule has 2 aliphatic rings. The molecule has 2 aliphatic heterocycles. The highest BCUT2D eigenvalue weighted by atomic mass is 31.2. The minimum atomic E-state index is -1.73. The van der Waals surface area contributed by atoms with E-state index in [0.717, 1.165) is 77.5 Å². The first-order valence-corrected chi connectivity index (χ1v) is 44.8. The van der Waals surface area contributed by atoms with E-state index in [-0.39, 0.29) is 97.0 Å². The van der Waals surface area contributed by atoms with E-state index in [1.165, 1.54) is 89.9 Å². The van der Waals surface area contributed by atoms with E-state index in [0.29, 0.717) is 19.4 Å². The van der Waals surface area contributed by atoms with Crippen molar-refractivity contribution in [2.24, 2.45) is 0 Å². The summed E-state index contributed by atoms with van der Waals surface area (Å²) in [5.74, 6) is -0.748. The van der Waals surface area contributed by atoms with Crippen molar-refractivity contribution in [3.8, 4) is 0 Å².